The number of benzene rings is 2. The minimum atomic E-state index is -0.468. The monoisotopic (exact) mass is 269 g/mol. The first-order valence-corrected chi connectivity index (χ1v) is 6.20. The summed E-state index contributed by atoms with van der Waals surface area (Å²) in [5.74, 6) is 0.262. The van der Waals surface area contributed by atoms with Gasteiger partial charge in [0.05, 0.1) is 7.11 Å². The molecule has 0 aliphatic carbocycles. The van der Waals surface area contributed by atoms with Gasteiger partial charge in [-0.25, -0.2) is 0 Å². The van der Waals surface area contributed by atoms with E-state index >= 15 is 0 Å². The number of methoxy groups -OCH3 is 1. The summed E-state index contributed by atoms with van der Waals surface area (Å²) in [6, 6.07) is 13.8. The lowest BCUT2D eigenvalue weighted by molar-refractivity contribution is 0.100. The maximum absolute atomic E-state index is 11.6. The Morgan fingerprint density at radius 1 is 1.25 bits per heavy atom. The number of carbonyl (C=O) groups excluding carboxylic acids is 1. The van der Waals surface area contributed by atoms with Crippen molar-refractivity contribution in [2.24, 2.45) is 5.73 Å². The van der Waals surface area contributed by atoms with Crippen LogP contribution in [0.25, 0.3) is 11.1 Å². The molecule has 0 saturated carbocycles. The molecule has 1 radical (unpaired) electrons. The predicted octanol–water partition coefficient (Wildman–Crippen LogP) is 2.33. The first-order chi connectivity index (χ1) is 9.54. The summed E-state index contributed by atoms with van der Waals surface area (Å²) in [4.78, 5) is 13.6. The average molecular weight is 269 g/mol. The van der Waals surface area contributed by atoms with Crippen LogP contribution in [0.5, 0.6) is 5.75 Å². The van der Waals surface area contributed by atoms with Crippen molar-refractivity contribution in [3.63, 3.8) is 0 Å². The molecule has 0 aromatic heterocycles. The van der Waals surface area contributed by atoms with Gasteiger partial charge in [-0.2, -0.15) is 0 Å². The topological polar surface area (TPSA) is 55.6 Å². The zero-order valence-corrected chi connectivity index (χ0v) is 11.8. The Bertz CT molecular complexity index is 636. The standard InChI is InChI=1S/C16H17N2O2/c1-18(2)15-9-8-11(20-3)10-14(15)12-6-4-5-7-13(12)16(17)19/h4,6-10H,1-3H3,(H2,17,19). The third-order valence-corrected chi connectivity index (χ3v) is 3.11. The number of nitrogens with zero attached hydrogens (tertiary/aromatic N) is 1. The van der Waals surface area contributed by atoms with E-state index in [9.17, 15) is 4.79 Å². The summed E-state index contributed by atoms with van der Waals surface area (Å²) in [6.07, 6.45) is 0. The summed E-state index contributed by atoms with van der Waals surface area (Å²) in [7, 11) is 5.51. The van der Waals surface area contributed by atoms with E-state index in [-0.39, 0.29) is 0 Å². The number of anilines is 1. The van der Waals surface area contributed by atoms with Crippen LogP contribution in [0.2, 0.25) is 0 Å². The zero-order valence-electron chi connectivity index (χ0n) is 11.8. The number of carbonyl (C=O) groups is 1. The average Bonchev–Trinajstić information content (AvgIpc) is 2.46. The summed E-state index contributed by atoms with van der Waals surface area (Å²) in [5.41, 5.74) is 8.56. The van der Waals surface area contributed by atoms with E-state index in [2.05, 4.69) is 6.07 Å². The molecular formula is C16H17N2O2. The SMILES string of the molecule is COc1ccc(N(C)C)c(-c2cc[c]cc2C(N)=O)c1. The van der Waals surface area contributed by atoms with E-state index in [0.29, 0.717) is 5.56 Å². The number of ether oxygens (including phenoxy) is 1. The molecule has 0 unspecified atom stereocenters. The van der Waals surface area contributed by atoms with Gasteiger partial charge in [0.15, 0.2) is 0 Å². The third-order valence-electron chi connectivity index (χ3n) is 3.11. The molecule has 103 valence electrons. The van der Waals surface area contributed by atoms with Crippen molar-refractivity contribution in [2.45, 2.75) is 0 Å². The fourth-order valence-corrected chi connectivity index (χ4v) is 2.12. The molecule has 2 aromatic carbocycles. The van der Waals surface area contributed by atoms with E-state index in [1.165, 1.54) is 0 Å². The van der Waals surface area contributed by atoms with Crippen molar-refractivity contribution in [1.82, 2.24) is 0 Å². The maximum atomic E-state index is 11.6. The van der Waals surface area contributed by atoms with Crippen molar-refractivity contribution < 1.29 is 9.53 Å². The molecule has 4 heteroatoms. The molecule has 1 amide bonds. The fourth-order valence-electron chi connectivity index (χ4n) is 2.12. The lowest BCUT2D eigenvalue weighted by Gasteiger charge is -2.19. The van der Waals surface area contributed by atoms with Gasteiger partial charge in [-0.1, -0.05) is 12.1 Å². The van der Waals surface area contributed by atoms with Crippen LogP contribution < -0.4 is 15.4 Å². The molecule has 0 aliphatic rings. The summed E-state index contributed by atoms with van der Waals surface area (Å²) >= 11 is 0. The Labute approximate surface area is 118 Å². The highest BCUT2D eigenvalue weighted by molar-refractivity contribution is 6.01. The molecule has 0 saturated heterocycles. The molecule has 0 bridgehead atoms. The smallest absolute Gasteiger partial charge is 0.249 e. The van der Waals surface area contributed by atoms with Crippen molar-refractivity contribution >= 4 is 11.6 Å². The minimum absolute atomic E-state index is 0.448. The lowest BCUT2D eigenvalue weighted by Crippen LogP contribution is -2.14. The number of hydrogen-bond acceptors (Lipinski definition) is 3. The van der Waals surface area contributed by atoms with E-state index < -0.39 is 5.91 Å². The van der Waals surface area contributed by atoms with Gasteiger partial charge in [-0.15, -0.1) is 0 Å². The second-order valence-corrected chi connectivity index (χ2v) is 4.61. The summed E-state index contributed by atoms with van der Waals surface area (Å²) in [5, 5.41) is 0. The Morgan fingerprint density at radius 2 is 2.00 bits per heavy atom. The highest BCUT2D eigenvalue weighted by Crippen LogP contribution is 2.35. The molecule has 2 aromatic rings. The molecule has 0 spiro atoms. The Hall–Kier alpha value is -2.49. The van der Waals surface area contributed by atoms with Crippen LogP contribution in [0.1, 0.15) is 10.4 Å². The summed E-state index contributed by atoms with van der Waals surface area (Å²) < 4.78 is 5.27. The quantitative estimate of drug-likeness (QED) is 0.926. The molecule has 0 heterocycles. The van der Waals surface area contributed by atoms with E-state index in [0.717, 1.165) is 22.6 Å². The molecular weight excluding hydrogens is 252 g/mol. The number of nitrogens with two attached hydrogens (primary N) is 1. The first-order valence-electron chi connectivity index (χ1n) is 6.20. The van der Waals surface area contributed by atoms with Crippen LogP contribution in [-0.2, 0) is 0 Å². The van der Waals surface area contributed by atoms with Crippen LogP contribution in [0.4, 0.5) is 5.69 Å². The second-order valence-electron chi connectivity index (χ2n) is 4.61. The van der Waals surface area contributed by atoms with Crippen LogP contribution >= 0.6 is 0 Å². The molecule has 0 atom stereocenters. The highest BCUT2D eigenvalue weighted by Gasteiger charge is 2.14. The lowest BCUT2D eigenvalue weighted by atomic mass is 9.97. The molecule has 2 rings (SSSR count). The van der Waals surface area contributed by atoms with E-state index in [1.54, 1.807) is 19.2 Å². The molecule has 4 nitrogen and oxygen atoms in total. The fraction of sp³-hybridized carbons (Fsp3) is 0.188. The van der Waals surface area contributed by atoms with E-state index in [1.807, 2.05) is 43.3 Å². The van der Waals surface area contributed by atoms with Crippen LogP contribution in [0.15, 0.2) is 36.4 Å². The zero-order chi connectivity index (χ0) is 14.7. The van der Waals surface area contributed by atoms with Crippen molar-refractivity contribution in [2.75, 3.05) is 26.1 Å². The number of amides is 1. The van der Waals surface area contributed by atoms with Crippen molar-refractivity contribution in [1.29, 1.82) is 0 Å². The van der Waals surface area contributed by atoms with Crippen molar-refractivity contribution in [3.05, 3.63) is 48.0 Å². The highest BCUT2D eigenvalue weighted by atomic mass is 16.5. The minimum Gasteiger partial charge on any atom is -0.497 e. The summed E-state index contributed by atoms with van der Waals surface area (Å²) in [6.45, 7) is 0. The van der Waals surface area contributed by atoms with Gasteiger partial charge >= 0.3 is 0 Å². The van der Waals surface area contributed by atoms with Gasteiger partial charge in [-0.3, -0.25) is 4.79 Å². The van der Waals surface area contributed by atoms with Crippen molar-refractivity contribution in [3.8, 4) is 16.9 Å². The van der Waals surface area contributed by atoms with Crippen LogP contribution in [-0.4, -0.2) is 27.1 Å². The third kappa shape index (κ3) is 2.59. The van der Waals surface area contributed by atoms with Gasteiger partial charge in [0.25, 0.3) is 0 Å². The number of rotatable bonds is 4. The molecule has 0 aliphatic heterocycles. The first kappa shape index (κ1) is 13.9. The van der Waals surface area contributed by atoms with Gasteiger partial charge in [0.2, 0.25) is 5.91 Å². The Morgan fingerprint density at radius 3 is 2.60 bits per heavy atom. The normalized spacial score (nSPS) is 10.2. The number of hydrogen-bond donors (Lipinski definition) is 1. The largest absolute Gasteiger partial charge is 0.497 e. The maximum Gasteiger partial charge on any atom is 0.249 e. The van der Waals surface area contributed by atoms with Gasteiger partial charge in [0.1, 0.15) is 5.75 Å². The predicted molar refractivity (Wildman–Crippen MR) is 80.1 cm³/mol. The Balaban J connectivity index is 2.70. The molecule has 2 N–H and O–H groups in total. The van der Waals surface area contributed by atoms with Crippen LogP contribution in [0, 0.1) is 6.07 Å². The second kappa shape index (κ2) is 5.65. The van der Waals surface area contributed by atoms with Gasteiger partial charge in [-0.05, 0) is 35.9 Å². The number of primary amides is 1. The van der Waals surface area contributed by atoms with Crippen LogP contribution in [0.3, 0.4) is 0 Å². The van der Waals surface area contributed by atoms with Gasteiger partial charge in [0, 0.05) is 30.9 Å². The Kier molecular flexibility index (Phi) is 3.94. The molecule has 20 heavy (non-hydrogen) atoms. The van der Waals surface area contributed by atoms with E-state index in [4.69, 9.17) is 10.5 Å². The van der Waals surface area contributed by atoms with Gasteiger partial charge < -0.3 is 15.4 Å². The molecule has 0 fully saturated rings.